The molecule has 4 N–H and O–H groups in total. The van der Waals surface area contributed by atoms with E-state index in [0.717, 1.165) is 43.2 Å². The van der Waals surface area contributed by atoms with Gasteiger partial charge in [0.25, 0.3) is 0 Å². The Labute approximate surface area is 313 Å². The lowest BCUT2D eigenvalue weighted by molar-refractivity contribution is -0.137. The molecule has 11 heteroatoms. The predicted molar refractivity (Wildman–Crippen MR) is 205 cm³/mol. The standard InChI is InChI=1S/C41H57N5O5S/c1-4-20-42-39(49)29(2)21-37(47)35(23-31-16-10-6-11-17-31)44-41(51)36(25-34-27-52-28-43-34)45-40(50)33(22-30-14-8-5-9-15-30)24-38(48)46(3)26-32-18-12-7-13-19-32/h5,7-9,12-15,18-19,27-29,31,33,35-37,47H,4,6,10-11,16-17,20-26H2,1-3H3,(H,42,49)(H,44,51)(H,45,50)/t29-,33-,35+,36+,37+/m1/s1. The van der Waals surface area contributed by atoms with Crippen molar-refractivity contribution in [3.8, 4) is 0 Å². The Morgan fingerprint density at radius 2 is 1.58 bits per heavy atom. The van der Waals surface area contributed by atoms with E-state index in [-0.39, 0.29) is 31.1 Å². The highest BCUT2D eigenvalue weighted by molar-refractivity contribution is 7.07. The Morgan fingerprint density at radius 1 is 0.904 bits per heavy atom. The number of aromatic nitrogens is 1. The third-order valence-electron chi connectivity index (χ3n) is 10.0. The molecule has 0 aliphatic heterocycles. The highest BCUT2D eigenvalue weighted by Gasteiger charge is 2.33. The number of carbonyl (C=O) groups excluding carboxylic acids is 4. The van der Waals surface area contributed by atoms with Gasteiger partial charge in [-0.2, -0.15) is 0 Å². The lowest BCUT2D eigenvalue weighted by Crippen LogP contribution is -2.55. The van der Waals surface area contributed by atoms with E-state index in [4.69, 9.17) is 0 Å². The summed E-state index contributed by atoms with van der Waals surface area (Å²) in [5.74, 6) is -1.93. The number of aliphatic hydroxyl groups excluding tert-OH is 1. The number of hydrogen-bond donors (Lipinski definition) is 4. The van der Waals surface area contributed by atoms with Crippen LogP contribution in [-0.2, 0) is 38.6 Å². The van der Waals surface area contributed by atoms with Crippen LogP contribution in [0.15, 0.2) is 71.6 Å². The number of rotatable bonds is 20. The average molecular weight is 732 g/mol. The molecule has 4 rings (SSSR count). The van der Waals surface area contributed by atoms with Crippen molar-refractivity contribution >= 4 is 35.0 Å². The summed E-state index contributed by atoms with van der Waals surface area (Å²) in [7, 11) is 1.73. The van der Waals surface area contributed by atoms with Crippen molar-refractivity contribution in [2.75, 3.05) is 13.6 Å². The lowest BCUT2D eigenvalue weighted by Gasteiger charge is -2.32. The molecule has 1 aromatic heterocycles. The third-order valence-corrected chi connectivity index (χ3v) is 10.7. The molecular formula is C41H57N5O5S. The summed E-state index contributed by atoms with van der Waals surface area (Å²) in [6, 6.07) is 17.7. The monoisotopic (exact) mass is 731 g/mol. The zero-order valence-electron chi connectivity index (χ0n) is 31.0. The number of hydrogen-bond acceptors (Lipinski definition) is 7. The second-order valence-electron chi connectivity index (χ2n) is 14.4. The fourth-order valence-corrected chi connectivity index (χ4v) is 7.52. The maximum atomic E-state index is 14.2. The van der Waals surface area contributed by atoms with E-state index < -0.39 is 41.8 Å². The SMILES string of the molecule is CCCNC(=O)[C@H](C)C[C@H](O)[C@H](CC1CCCCC1)NC(=O)[C@H](Cc1cscn1)NC(=O)[C@@H](CC(=O)N(C)Cc1ccccc1)Cc1ccccc1. The molecule has 1 aliphatic carbocycles. The predicted octanol–water partition coefficient (Wildman–Crippen LogP) is 5.45. The summed E-state index contributed by atoms with van der Waals surface area (Å²) in [4.78, 5) is 60.6. The fraction of sp³-hybridized carbons (Fsp3) is 0.537. The Balaban J connectivity index is 1.53. The van der Waals surface area contributed by atoms with Gasteiger partial charge in [0.15, 0.2) is 0 Å². The maximum Gasteiger partial charge on any atom is 0.243 e. The second kappa shape index (κ2) is 21.4. The van der Waals surface area contributed by atoms with Crippen LogP contribution in [0.25, 0.3) is 0 Å². The molecule has 0 bridgehead atoms. The van der Waals surface area contributed by atoms with Crippen LogP contribution in [0.2, 0.25) is 0 Å². The minimum absolute atomic E-state index is 0.0316. The van der Waals surface area contributed by atoms with Gasteiger partial charge in [0.1, 0.15) is 6.04 Å². The van der Waals surface area contributed by atoms with Crippen LogP contribution in [0.1, 0.15) is 88.5 Å². The molecule has 5 atom stereocenters. The van der Waals surface area contributed by atoms with Crippen molar-refractivity contribution < 1.29 is 24.3 Å². The third kappa shape index (κ3) is 13.5. The number of benzene rings is 2. The lowest BCUT2D eigenvalue weighted by atomic mass is 9.82. The molecule has 4 amide bonds. The highest BCUT2D eigenvalue weighted by atomic mass is 32.1. The summed E-state index contributed by atoms with van der Waals surface area (Å²) < 4.78 is 0. The fourth-order valence-electron chi connectivity index (χ4n) is 6.95. The molecule has 10 nitrogen and oxygen atoms in total. The van der Waals surface area contributed by atoms with Crippen molar-refractivity contribution in [2.24, 2.45) is 17.8 Å². The van der Waals surface area contributed by atoms with E-state index in [0.29, 0.717) is 37.5 Å². The smallest absolute Gasteiger partial charge is 0.243 e. The maximum absolute atomic E-state index is 14.2. The van der Waals surface area contributed by atoms with Crippen LogP contribution in [0, 0.1) is 17.8 Å². The molecule has 0 spiro atoms. The minimum atomic E-state index is -0.989. The van der Waals surface area contributed by atoms with Crippen LogP contribution in [-0.4, -0.2) is 70.4 Å². The van der Waals surface area contributed by atoms with Crippen molar-refractivity contribution in [1.29, 1.82) is 0 Å². The zero-order valence-corrected chi connectivity index (χ0v) is 31.8. The average Bonchev–Trinajstić information content (AvgIpc) is 3.67. The molecule has 282 valence electrons. The number of thiazole rings is 1. The van der Waals surface area contributed by atoms with E-state index >= 15 is 0 Å². The van der Waals surface area contributed by atoms with Gasteiger partial charge in [0, 0.05) is 44.3 Å². The van der Waals surface area contributed by atoms with E-state index in [2.05, 4.69) is 20.9 Å². The number of carbonyl (C=O) groups is 4. The first kappa shape index (κ1) is 40.7. The van der Waals surface area contributed by atoms with Gasteiger partial charge >= 0.3 is 0 Å². The largest absolute Gasteiger partial charge is 0.391 e. The van der Waals surface area contributed by atoms with Crippen LogP contribution in [0.5, 0.6) is 0 Å². The van der Waals surface area contributed by atoms with Gasteiger partial charge in [0.05, 0.1) is 29.3 Å². The molecule has 0 radical (unpaired) electrons. The Morgan fingerprint density at radius 3 is 2.21 bits per heavy atom. The molecular weight excluding hydrogens is 675 g/mol. The Bertz CT molecular complexity index is 1520. The minimum Gasteiger partial charge on any atom is -0.391 e. The summed E-state index contributed by atoms with van der Waals surface area (Å²) in [5, 5.41) is 22.4. The highest BCUT2D eigenvalue weighted by Crippen LogP contribution is 2.29. The van der Waals surface area contributed by atoms with Crippen molar-refractivity contribution in [1.82, 2.24) is 25.8 Å². The number of nitrogens with one attached hydrogen (secondary N) is 3. The van der Waals surface area contributed by atoms with E-state index in [1.807, 2.05) is 73.0 Å². The number of aliphatic hydroxyl groups is 1. The molecule has 2 aromatic carbocycles. The summed E-state index contributed by atoms with van der Waals surface area (Å²) >= 11 is 1.41. The van der Waals surface area contributed by atoms with Gasteiger partial charge < -0.3 is 26.0 Å². The van der Waals surface area contributed by atoms with E-state index in [1.165, 1.54) is 17.8 Å². The van der Waals surface area contributed by atoms with Crippen LogP contribution < -0.4 is 16.0 Å². The summed E-state index contributed by atoms with van der Waals surface area (Å²) in [6.45, 7) is 4.77. The van der Waals surface area contributed by atoms with Gasteiger partial charge in [-0.05, 0) is 42.7 Å². The van der Waals surface area contributed by atoms with E-state index in [9.17, 15) is 24.3 Å². The number of nitrogens with zero attached hydrogens (tertiary/aromatic N) is 2. The van der Waals surface area contributed by atoms with Crippen molar-refractivity contribution in [2.45, 2.75) is 109 Å². The first-order chi connectivity index (χ1) is 25.1. The molecule has 0 saturated heterocycles. The molecule has 52 heavy (non-hydrogen) atoms. The Hall–Kier alpha value is -4.09. The van der Waals surface area contributed by atoms with Crippen molar-refractivity contribution in [3.05, 3.63) is 88.4 Å². The first-order valence-electron chi connectivity index (χ1n) is 18.9. The van der Waals surface area contributed by atoms with Gasteiger partial charge in [-0.3, -0.25) is 19.2 Å². The zero-order chi connectivity index (χ0) is 37.3. The Kier molecular flexibility index (Phi) is 16.8. The quantitative estimate of drug-likeness (QED) is 0.122. The summed E-state index contributed by atoms with van der Waals surface area (Å²) in [6.07, 6.45) is 6.57. The normalized spacial score (nSPS) is 16.2. The van der Waals surface area contributed by atoms with Crippen LogP contribution in [0.3, 0.4) is 0 Å². The van der Waals surface area contributed by atoms with Gasteiger partial charge in [-0.15, -0.1) is 11.3 Å². The molecule has 3 aromatic rings. The number of amides is 4. The topological polar surface area (TPSA) is 141 Å². The van der Waals surface area contributed by atoms with Gasteiger partial charge in [0.2, 0.25) is 23.6 Å². The molecule has 0 unspecified atom stereocenters. The van der Waals surface area contributed by atoms with Crippen LogP contribution in [0.4, 0.5) is 0 Å². The first-order valence-corrected chi connectivity index (χ1v) is 19.8. The summed E-state index contributed by atoms with van der Waals surface area (Å²) in [5.41, 5.74) is 4.25. The molecule has 1 saturated carbocycles. The van der Waals surface area contributed by atoms with Gasteiger partial charge in [-0.25, -0.2) is 4.98 Å². The molecule has 1 heterocycles. The van der Waals surface area contributed by atoms with E-state index in [1.54, 1.807) is 24.4 Å². The van der Waals surface area contributed by atoms with Gasteiger partial charge in [-0.1, -0.05) is 107 Å². The van der Waals surface area contributed by atoms with Crippen LogP contribution >= 0.6 is 11.3 Å². The molecule has 1 aliphatic rings. The van der Waals surface area contributed by atoms with Crippen molar-refractivity contribution in [3.63, 3.8) is 0 Å². The second-order valence-corrected chi connectivity index (χ2v) is 15.1. The molecule has 1 fully saturated rings.